The number of anilines is 2. The molecule has 226 valence electrons. The number of nitrogens with one attached hydrogen (secondary N) is 2. The van der Waals surface area contributed by atoms with Crippen molar-refractivity contribution in [2.45, 2.75) is 63.7 Å². The zero-order chi connectivity index (χ0) is 30.0. The zero-order valence-corrected chi connectivity index (χ0v) is 25.5. The van der Waals surface area contributed by atoms with Crippen molar-refractivity contribution in [3.05, 3.63) is 58.1 Å². The summed E-state index contributed by atoms with van der Waals surface area (Å²) in [5, 5.41) is 6.49. The van der Waals surface area contributed by atoms with E-state index >= 15 is 0 Å². The highest BCUT2D eigenvalue weighted by Gasteiger charge is 2.35. The minimum absolute atomic E-state index is 0.0396. The molecule has 1 atom stereocenters. The lowest BCUT2D eigenvalue weighted by Crippen LogP contribution is -2.57. The standard InChI is InChI=1S/C31H42ClN7O3/c1-20-16-21(17-25(32)28(20)33)18-27(29(40)37-12-8-23(9-13-37)36(2)3)35-30(41)38-14-10-24(11-15-38)39-19-22-6-4-5-7-26(22)34-31(39)42/h4-7,16-17,23-24,27H,8-15,18-19,33H2,1-3H3,(H,34,42)(H,35,41)/t27-/m1/s1. The molecule has 0 bridgehead atoms. The van der Waals surface area contributed by atoms with Crippen molar-refractivity contribution in [2.75, 3.05) is 51.3 Å². The van der Waals surface area contributed by atoms with E-state index in [4.69, 9.17) is 17.3 Å². The van der Waals surface area contributed by atoms with Crippen LogP contribution >= 0.6 is 11.6 Å². The van der Waals surface area contributed by atoms with E-state index in [1.807, 2.05) is 47.1 Å². The van der Waals surface area contributed by atoms with Crippen LogP contribution < -0.4 is 16.4 Å². The topological polar surface area (TPSA) is 114 Å². The van der Waals surface area contributed by atoms with Crippen LogP contribution in [0.4, 0.5) is 21.0 Å². The van der Waals surface area contributed by atoms with Gasteiger partial charge in [-0.1, -0.05) is 35.9 Å². The molecule has 0 aromatic heterocycles. The largest absolute Gasteiger partial charge is 0.397 e. The third kappa shape index (κ3) is 6.60. The third-order valence-electron chi connectivity index (χ3n) is 8.99. The lowest BCUT2D eigenvalue weighted by molar-refractivity contribution is -0.134. The molecule has 0 spiro atoms. The molecule has 3 heterocycles. The number of piperidine rings is 2. The number of urea groups is 2. The second-order valence-electron chi connectivity index (χ2n) is 12.0. The van der Waals surface area contributed by atoms with Crippen LogP contribution in [0.3, 0.4) is 0 Å². The Morgan fingerprint density at radius 3 is 2.40 bits per heavy atom. The van der Waals surface area contributed by atoms with Gasteiger partial charge in [0, 0.05) is 56.9 Å². The van der Waals surface area contributed by atoms with Gasteiger partial charge in [0.25, 0.3) is 0 Å². The Morgan fingerprint density at radius 1 is 1.07 bits per heavy atom. The monoisotopic (exact) mass is 595 g/mol. The predicted octanol–water partition coefficient (Wildman–Crippen LogP) is 3.92. The van der Waals surface area contributed by atoms with Gasteiger partial charge in [-0.05, 0) is 75.5 Å². The van der Waals surface area contributed by atoms with Crippen molar-refractivity contribution in [2.24, 2.45) is 0 Å². The third-order valence-corrected chi connectivity index (χ3v) is 9.30. The molecule has 3 aliphatic heterocycles. The number of halogens is 1. The normalized spacial score (nSPS) is 19.0. The summed E-state index contributed by atoms with van der Waals surface area (Å²) in [6.45, 7) is 4.76. The van der Waals surface area contributed by atoms with Gasteiger partial charge in [-0.25, -0.2) is 9.59 Å². The van der Waals surface area contributed by atoms with Gasteiger partial charge >= 0.3 is 12.1 Å². The molecule has 42 heavy (non-hydrogen) atoms. The van der Waals surface area contributed by atoms with Gasteiger partial charge in [-0.3, -0.25) is 4.79 Å². The van der Waals surface area contributed by atoms with Crippen LogP contribution in [0.2, 0.25) is 5.02 Å². The van der Waals surface area contributed by atoms with Crippen molar-refractivity contribution in [3.63, 3.8) is 0 Å². The lowest BCUT2D eigenvalue weighted by atomic mass is 9.99. The number of nitrogen functional groups attached to an aromatic ring is 1. The molecular weight excluding hydrogens is 554 g/mol. The fourth-order valence-corrected chi connectivity index (χ4v) is 6.63. The molecule has 11 heteroatoms. The average molecular weight is 596 g/mol. The summed E-state index contributed by atoms with van der Waals surface area (Å²) in [5.41, 5.74) is 10.2. The summed E-state index contributed by atoms with van der Waals surface area (Å²) in [5.74, 6) is -0.0790. The van der Waals surface area contributed by atoms with Crippen molar-refractivity contribution in [1.29, 1.82) is 0 Å². The second-order valence-corrected chi connectivity index (χ2v) is 12.4. The second kappa shape index (κ2) is 12.8. The molecule has 2 aromatic carbocycles. The maximum absolute atomic E-state index is 13.8. The highest BCUT2D eigenvalue weighted by Crippen LogP contribution is 2.28. The van der Waals surface area contributed by atoms with E-state index in [1.165, 1.54) is 0 Å². The Morgan fingerprint density at radius 2 is 1.74 bits per heavy atom. The summed E-state index contributed by atoms with van der Waals surface area (Å²) in [6, 6.07) is 10.9. The van der Waals surface area contributed by atoms with E-state index < -0.39 is 6.04 Å². The van der Waals surface area contributed by atoms with E-state index in [0.717, 1.165) is 35.2 Å². The quantitative estimate of drug-likeness (QED) is 0.438. The summed E-state index contributed by atoms with van der Waals surface area (Å²) >= 11 is 6.37. The molecule has 0 unspecified atom stereocenters. The number of benzene rings is 2. The van der Waals surface area contributed by atoms with E-state index in [2.05, 4.69) is 29.6 Å². The first-order valence-corrected chi connectivity index (χ1v) is 15.2. The van der Waals surface area contributed by atoms with E-state index in [0.29, 0.717) is 68.7 Å². The van der Waals surface area contributed by atoms with E-state index in [9.17, 15) is 14.4 Å². The Labute approximate surface area is 253 Å². The minimum Gasteiger partial charge on any atom is -0.397 e. The summed E-state index contributed by atoms with van der Waals surface area (Å²) < 4.78 is 0. The number of hydrogen-bond acceptors (Lipinski definition) is 5. The molecule has 2 fully saturated rings. The first-order chi connectivity index (χ1) is 20.1. The SMILES string of the molecule is Cc1cc(C[C@@H](NC(=O)N2CCC(N3Cc4ccccc4NC3=O)CC2)C(=O)N2CCC(N(C)C)CC2)cc(Cl)c1N. The smallest absolute Gasteiger partial charge is 0.322 e. The Kier molecular flexibility index (Phi) is 9.13. The molecule has 4 N–H and O–H groups in total. The first kappa shape index (κ1) is 30.0. The molecule has 10 nitrogen and oxygen atoms in total. The van der Waals surface area contributed by atoms with Crippen LogP contribution in [0.1, 0.15) is 42.4 Å². The number of likely N-dealkylation sites (tertiary alicyclic amines) is 2. The maximum atomic E-state index is 13.8. The average Bonchev–Trinajstić information content (AvgIpc) is 2.99. The number of nitrogens with two attached hydrogens (primary N) is 1. The van der Waals surface area contributed by atoms with Gasteiger partial charge in [0.05, 0.1) is 10.7 Å². The molecule has 0 radical (unpaired) electrons. The number of fused-ring (bicyclic) bond motifs is 1. The number of hydrogen-bond donors (Lipinski definition) is 3. The van der Waals surface area contributed by atoms with Gasteiger partial charge in [0.2, 0.25) is 5.91 Å². The van der Waals surface area contributed by atoms with Crippen molar-refractivity contribution < 1.29 is 14.4 Å². The molecule has 0 aliphatic carbocycles. The highest BCUT2D eigenvalue weighted by molar-refractivity contribution is 6.33. The number of nitrogens with zero attached hydrogens (tertiary/aromatic N) is 4. The van der Waals surface area contributed by atoms with E-state index in [-0.39, 0.29) is 24.0 Å². The van der Waals surface area contributed by atoms with Gasteiger partial charge in [-0.2, -0.15) is 0 Å². The van der Waals surface area contributed by atoms with Crippen molar-refractivity contribution in [1.82, 2.24) is 24.9 Å². The van der Waals surface area contributed by atoms with Crippen LogP contribution in [-0.4, -0.2) is 96.0 Å². The first-order valence-electron chi connectivity index (χ1n) is 14.8. The number of rotatable bonds is 6. The van der Waals surface area contributed by atoms with Crippen LogP contribution in [-0.2, 0) is 17.8 Å². The molecule has 0 saturated carbocycles. The summed E-state index contributed by atoms with van der Waals surface area (Å²) in [6.07, 6.45) is 3.46. The van der Waals surface area contributed by atoms with Crippen LogP contribution in [0.25, 0.3) is 0 Å². The number of aryl methyl sites for hydroxylation is 1. The molecule has 2 saturated heterocycles. The minimum atomic E-state index is -0.727. The molecule has 2 aromatic rings. The fourth-order valence-electron chi connectivity index (χ4n) is 6.34. The molecular formula is C31H42ClN7O3. The van der Waals surface area contributed by atoms with Crippen LogP contribution in [0.5, 0.6) is 0 Å². The summed E-state index contributed by atoms with van der Waals surface area (Å²) in [4.78, 5) is 47.8. The number of para-hydroxylation sites is 1. The Bertz CT molecular complexity index is 1300. The highest BCUT2D eigenvalue weighted by atomic mass is 35.5. The number of carbonyl (C=O) groups is 3. The number of carbonyl (C=O) groups excluding carboxylic acids is 3. The Hall–Kier alpha value is -3.50. The zero-order valence-electron chi connectivity index (χ0n) is 24.7. The van der Waals surface area contributed by atoms with Crippen LogP contribution in [0, 0.1) is 6.92 Å². The number of amides is 5. The van der Waals surface area contributed by atoms with Crippen molar-refractivity contribution >= 4 is 40.9 Å². The maximum Gasteiger partial charge on any atom is 0.322 e. The van der Waals surface area contributed by atoms with Crippen molar-refractivity contribution in [3.8, 4) is 0 Å². The molecule has 5 amide bonds. The van der Waals surface area contributed by atoms with E-state index in [1.54, 1.807) is 11.0 Å². The lowest BCUT2D eigenvalue weighted by Gasteiger charge is -2.41. The van der Waals surface area contributed by atoms with Gasteiger partial charge in [-0.15, -0.1) is 0 Å². The Balaban J connectivity index is 1.24. The molecule has 3 aliphatic rings. The van der Waals surface area contributed by atoms with Gasteiger partial charge in [0.15, 0.2) is 0 Å². The fraction of sp³-hybridized carbons (Fsp3) is 0.516. The van der Waals surface area contributed by atoms with Gasteiger partial charge < -0.3 is 36.0 Å². The van der Waals surface area contributed by atoms with Gasteiger partial charge in [0.1, 0.15) is 6.04 Å². The predicted molar refractivity (Wildman–Crippen MR) is 166 cm³/mol. The van der Waals surface area contributed by atoms with Crippen LogP contribution in [0.15, 0.2) is 36.4 Å². The molecule has 5 rings (SSSR count). The summed E-state index contributed by atoms with van der Waals surface area (Å²) in [7, 11) is 4.14.